The predicted octanol–water partition coefficient (Wildman–Crippen LogP) is 1.45. The van der Waals surface area contributed by atoms with Crippen LogP contribution in [0.1, 0.15) is 39.5 Å². The predicted molar refractivity (Wildman–Crippen MR) is 152 cm³/mol. The molecule has 16 heteroatoms. The van der Waals surface area contributed by atoms with Gasteiger partial charge < -0.3 is 35.1 Å². The lowest BCUT2D eigenvalue weighted by atomic mass is 9.97. The molecule has 8 atom stereocenters. The molecule has 14 nitrogen and oxygen atoms in total. The highest BCUT2D eigenvalue weighted by Gasteiger charge is 2.59. The summed E-state index contributed by atoms with van der Waals surface area (Å²) >= 11 is 0. The van der Waals surface area contributed by atoms with Gasteiger partial charge in [0, 0.05) is 0 Å². The molecule has 0 bridgehead atoms. The summed E-state index contributed by atoms with van der Waals surface area (Å²) in [5.41, 5.74) is 3.74. The summed E-state index contributed by atoms with van der Waals surface area (Å²) in [5, 5.41) is 16.5. The Morgan fingerprint density at radius 2 is 2.10 bits per heavy atom. The molecule has 0 aromatic heterocycles. The van der Waals surface area contributed by atoms with Gasteiger partial charge in [-0.3, -0.25) is 19.3 Å². The van der Waals surface area contributed by atoms with Crippen molar-refractivity contribution in [2.45, 2.75) is 87.9 Å². The molecule has 1 aromatic carbocycles. The zero-order valence-corrected chi connectivity index (χ0v) is 24.5. The molecule has 1 aromatic rings. The summed E-state index contributed by atoms with van der Waals surface area (Å²) < 4.78 is 51.7. The highest BCUT2D eigenvalue weighted by molar-refractivity contribution is 7.52. The normalized spacial score (nSPS) is 34.0. The molecule has 42 heavy (non-hydrogen) atoms. The van der Waals surface area contributed by atoms with Crippen LogP contribution in [-0.4, -0.2) is 96.2 Å². The lowest BCUT2D eigenvalue weighted by Crippen LogP contribution is -2.58. The molecule has 230 valence electrons. The number of aliphatic hydroxyl groups excluding tert-OH is 1. The van der Waals surface area contributed by atoms with Crippen LogP contribution in [0.3, 0.4) is 0 Å². The quantitative estimate of drug-likeness (QED) is 0.223. The van der Waals surface area contributed by atoms with Gasteiger partial charge in [0.2, 0.25) is 0 Å². The number of aliphatic imine (C=N–C) groups is 3. The summed E-state index contributed by atoms with van der Waals surface area (Å²) in [5.74, 6) is 0.168. The Balaban J connectivity index is 1.31. The third-order valence-corrected chi connectivity index (χ3v) is 9.32. The number of fused-ring (bicyclic) bond motifs is 1. The van der Waals surface area contributed by atoms with E-state index in [0.717, 1.165) is 25.7 Å². The third kappa shape index (κ3) is 6.30. The number of hydrogen-bond donors (Lipinski definition) is 4. The first-order chi connectivity index (χ1) is 20.0. The van der Waals surface area contributed by atoms with Gasteiger partial charge in [0.1, 0.15) is 35.9 Å². The number of nitrogens with two attached hydrogens (primary N) is 1. The first-order valence-electron chi connectivity index (χ1n) is 13.9. The maximum absolute atomic E-state index is 16.1. The van der Waals surface area contributed by atoms with Crippen LogP contribution in [0.25, 0.3) is 0 Å². The number of nitrogens with one attached hydrogen (secondary N) is 2. The average molecular weight is 610 g/mol. The number of nitrogens with zero attached hydrogens (tertiary/aromatic N) is 4. The second-order valence-corrected chi connectivity index (χ2v) is 12.6. The zero-order valence-electron chi connectivity index (χ0n) is 23.6. The number of ether oxygens (including phenoxy) is 2. The van der Waals surface area contributed by atoms with Crippen molar-refractivity contribution in [3.05, 3.63) is 30.3 Å². The van der Waals surface area contributed by atoms with Gasteiger partial charge in [-0.2, -0.15) is 5.09 Å². The molecule has 3 aliphatic heterocycles. The van der Waals surface area contributed by atoms with Crippen molar-refractivity contribution in [1.29, 1.82) is 0 Å². The third-order valence-electron chi connectivity index (χ3n) is 7.67. The maximum atomic E-state index is 16.1. The monoisotopic (exact) mass is 609 g/mol. The number of amidine groups is 1. The van der Waals surface area contributed by atoms with E-state index in [0.29, 0.717) is 5.84 Å². The van der Waals surface area contributed by atoms with Gasteiger partial charge in [0.15, 0.2) is 24.0 Å². The molecule has 2 unspecified atom stereocenters. The summed E-state index contributed by atoms with van der Waals surface area (Å²) in [6, 6.07) is 6.71. The topological polar surface area (TPSA) is 182 Å². The molecule has 5 N–H and O–H groups in total. The number of hydrogen-bond acceptors (Lipinski definition) is 12. The number of methoxy groups -OCH3 is 1. The Bertz CT molecular complexity index is 1280. The lowest BCUT2D eigenvalue weighted by molar-refractivity contribution is -0.142. The first kappa shape index (κ1) is 30.4. The van der Waals surface area contributed by atoms with Gasteiger partial charge in [-0.25, -0.2) is 13.9 Å². The summed E-state index contributed by atoms with van der Waals surface area (Å²) in [4.78, 5) is 27.2. The van der Waals surface area contributed by atoms with Gasteiger partial charge in [0.05, 0.1) is 26.1 Å². The fourth-order valence-corrected chi connectivity index (χ4v) is 6.95. The zero-order chi connectivity index (χ0) is 30.1. The second-order valence-electron chi connectivity index (χ2n) is 10.9. The van der Waals surface area contributed by atoms with Crippen LogP contribution in [0.4, 0.5) is 4.39 Å². The van der Waals surface area contributed by atoms with Crippen LogP contribution in [0.15, 0.2) is 45.3 Å². The molecule has 1 aliphatic carbocycles. The Kier molecular flexibility index (Phi) is 8.86. The van der Waals surface area contributed by atoms with E-state index in [1.165, 1.54) is 32.2 Å². The van der Waals surface area contributed by atoms with Crippen LogP contribution in [0.2, 0.25) is 0 Å². The molecule has 1 saturated heterocycles. The van der Waals surface area contributed by atoms with Crippen LogP contribution >= 0.6 is 7.75 Å². The maximum Gasteiger partial charge on any atom is 0.459 e. The number of alkyl halides is 1. The number of aliphatic hydroxyl groups is 1. The number of halogens is 1. The molecule has 2 fully saturated rings. The van der Waals surface area contributed by atoms with Crippen molar-refractivity contribution in [3.8, 4) is 5.75 Å². The van der Waals surface area contributed by atoms with Gasteiger partial charge in [-0.05, 0) is 38.8 Å². The fraction of sp³-hybridized carbons (Fsp3) is 0.615. The Morgan fingerprint density at radius 3 is 2.79 bits per heavy atom. The van der Waals surface area contributed by atoms with Gasteiger partial charge in [-0.15, -0.1) is 0 Å². The second kappa shape index (κ2) is 12.3. The minimum Gasteiger partial charge on any atom is -0.468 e. The van der Waals surface area contributed by atoms with Crippen molar-refractivity contribution in [2.75, 3.05) is 13.7 Å². The van der Waals surface area contributed by atoms with Crippen LogP contribution < -0.4 is 20.7 Å². The summed E-state index contributed by atoms with van der Waals surface area (Å²) in [6.45, 7) is 2.08. The molecule has 3 heterocycles. The van der Waals surface area contributed by atoms with E-state index < -0.39 is 62.7 Å². The number of esters is 1. The van der Waals surface area contributed by atoms with E-state index in [-0.39, 0.29) is 17.8 Å². The molecule has 1 saturated carbocycles. The number of guanidine groups is 1. The van der Waals surface area contributed by atoms with E-state index in [1.807, 2.05) is 0 Å². The standard InChI is InChI=1S/C26H37FN7O7P/c1-15(23(36)38-3)33-42(37,41-17-11-5-4-6-12-17)39-13-18-20(35)26(2,27)24(40-18)34-14-29-19-21(30-16-9-7-8-10-16)31-25(28)32-22(19)34/h4-6,11-12,14-16,18-20,22,24,35H,7-10,13H2,1-3H3,(H,33,37)(H3,28,30,31,32)/t15-,18+,19?,20+,22?,24+,26+,42-/m0/s1. The average Bonchev–Trinajstić information content (AvgIpc) is 3.67. The molecule has 5 rings (SSSR count). The number of benzene rings is 1. The Morgan fingerprint density at radius 1 is 1.38 bits per heavy atom. The number of carbonyl (C=O) groups is 1. The van der Waals surface area contributed by atoms with E-state index in [1.54, 1.807) is 30.3 Å². The molecule has 4 aliphatic rings. The highest BCUT2D eigenvalue weighted by Crippen LogP contribution is 2.47. The largest absolute Gasteiger partial charge is 0.468 e. The number of carbonyl (C=O) groups excluding carboxylic acids is 1. The Labute approximate surface area is 243 Å². The van der Waals surface area contributed by atoms with Crippen molar-refractivity contribution in [2.24, 2.45) is 20.7 Å². The van der Waals surface area contributed by atoms with Crippen LogP contribution in [-0.2, 0) is 23.4 Å². The van der Waals surface area contributed by atoms with Crippen molar-refractivity contribution < 1.29 is 37.4 Å². The minimum absolute atomic E-state index is 0.118. The number of para-hydroxylation sites is 1. The van der Waals surface area contributed by atoms with Crippen LogP contribution in [0.5, 0.6) is 5.75 Å². The highest BCUT2D eigenvalue weighted by atomic mass is 31.2. The van der Waals surface area contributed by atoms with Gasteiger partial charge in [-0.1, -0.05) is 31.0 Å². The first-order valence-corrected chi connectivity index (χ1v) is 15.4. The van der Waals surface area contributed by atoms with E-state index in [4.69, 9.17) is 29.2 Å². The summed E-state index contributed by atoms with van der Waals surface area (Å²) in [7, 11) is -3.07. The SMILES string of the molecule is COC(=O)[C@H](C)N[P@](=O)(OC[C@H]1O[C@@H](N2C=NC3C(=NC4CCCC4)NC(N)=NC32)[C@](C)(F)[C@@H]1O)Oc1ccccc1. The summed E-state index contributed by atoms with van der Waals surface area (Å²) in [6.07, 6.45) is 0.541. The lowest BCUT2D eigenvalue weighted by Gasteiger charge is -2.36. The van der Waals surface area contributed by atoms with E-state index >= 15 is 4.39 Å². The van der Waals surface area contributed by atoms with Crippen molar-refractivity contribution in [3.63, 3.8) is 0 Å². The van der Waals surface area contributed by atoms with Gasteiger partial charge >= 0.3 is 13.7 Å². The Hall–Kier alpha value is -3.10. The smallest absolute Gasteiger partial charge is 0.459 e. The molecular formula is C26H37FN7O7P. The molecule has 0 spiro atoms. The van der Waals surface area contributed by atoms with Gasteiger partial charge in [0.25, 0.3) is 0 Å². The molecule has 0 amide bonds. The van der Waals surface area contributed by atoms with Crippen molar-refractivity contribution in [1.82, 2.24) is 15.3 Å². The number of rotatable bonds is 10. The molecule has 0 radical (unpaired) electrons. The molecular weight excluding hydrogens is 572 g/mol. The van der Waals surface area contributed by atoms with E-state index in [9.17, 15) is 14.5 Å². The van der Waals surface area contributed by atoms with Crippen LogP contribution in [0, 0.1) is 0 Å². The van der Waals surface area contributed by atoms with E-state index in [2.05, 4.69) is 20.4 Å². The van der Waals surface area contributed by atoms with Crippen molar-refractivity contribution >= 4 is 31.8 Å². The fourth-order valence-electron chi connectivity index (χ4n) is 5.45. The minimum atomic E-state index is -4.25.